The summed E-state index contributed by atoms with van der Waals surface area (Å²) in [6.45, 7) is 1.20. The molecule has 1 aliphatic rings. The predicted molar refractivity (Wildman–Crippen MR) is 115 cm³/mol. The topological polar surface area (TPSA) is 41.6 Å². The number of hydrogen-bond acceptors (Lipinski definition) is 3. The van der Waals surface area contributed by atoms with Gasteiger partial charge in [-0.15, -0.1) is 0 Å². The highest BCUT2D eigenvalue weighted by atomic mass is 32.1. The number of benzene rings is 3. The van der Waals surface area contributed by atoms with Gasteiger partial charge in [0.15, 0.2) is 5.11 Å². The van der Waals surface area contributed by atoms with Crippen LogP contribution in [0.3, 0.4) is 0 Å². The van der Waals surface area contributed by atoms with Crippen molar-refractivity contribution < 1.29 is 9.53 Å². The molecule has 1 heterocycles. The SMILES string of the molecule is O=C(NC(=S)N1CCc2cccc(OCc3ccccc3)c21)c1ccccc1. The van der Waals surface area contributed by atoms with Crippen LogP contribution in [0.15, 0.2) is 78.9 Å². The Bertz CT molecular complexity index is 990. The third-order valence-corrected chi connectivity index (χ3v) is 5.02. The van der Waals surface area contributed by atoms with E-state index in [0.717, 1.165) is 30.0 Å². The Labute approximate surface area is 169 Å². The molecule has 4 nitrogen and oxygen atoms in total. The van der Waals surface area contributed by atoms with E-state index in [1.165, 1.54) is 5.56 Å². The zero-order valence-corrected chi connectivity index (χ0v) is 16.1. The molecule has 28 heavy (non-hydrogen) atoms. The molecule has 0 fully saturated rings. The zero-order valence-electron chi connectivity index (χ0n) is 15.3. The Balaban J connectivity index is 1.51. The molecule has 0 aromatic heterocycles. The number of amides is 1. The fourth-order valence-corrected chi connectivity index (χ4v) is 3.58. The minimum absolute atomic E-state index is 0.207. The van der Waals surface area contributed by atoms with Gasteiger partial charge < -0.3 is 9.64 Å². The average molecular weight is 388 g/mol. The lowest BCUT2D eigenvalue weighted by Crippen LogP contribution is -2.42. The van der Waals surface area contributed by atoms with E-state index in [4.69, 9.17) is 17.0 Å². The summed E-state index contributed by atoms with van der Waals surface area (Å²) in [5.74, 6) is 0.567. The van der Waals surface area contributed by atoms with Crippen molar-refractivity contribution in [2.75, 3.05) is 11.4 Å². The van der Waals surface area contributed by atoms with Gasteiger partial charge in [0, 0.05) is 12.1 Å². The van der Waals surface area contributed by atoms with E-state index in [1.54, 1.807) is 12.1 Å². The summed E-state index contributed by atoms with van der Waals surface area (Å²) < 4.78 is 6.09. The number of nitrogens with zero attached hydrogens (tertiary/aromatic N) is 1. The Morgan fingerprint density at radius 1 is 0.964 bits per heavy atom. The number of anilines is 1. The van der Waals surface area contributed by atoms with Crippen molar-refractivity contribution in [2.45, 2.75) is 13.0 Å². The van der Waals surface area contributed by atoms with E-state index in [1.807, 2.05) is 65.6 Å². The first-order valence-corrected chi connectivity index (χ1v) is 9.60. The van der Waals surface area contributed by atoms with Crippen LogP contribution in [0.2, 0.25) is 0 Å². The number of carbonyl (C=O) groups excluding carboxylic acids is 1. The number of rotatable bonds is 4. The highest BCUT2D eigenvalue weighted by molar-refractivity contribution is 7.80. The highest BCUT2D eigenvalue weighted by Crippen LogP contribution is 2.37. The monoisotopic (exact) mass is 388 g/mol. The Morgan fingerprint density at radius 2 is 1.68 bits per heavy atom. The highest BCUT2D eigenvalue weighted by Gasteiger charge is 2.27. The summed E-state index contributed by atoms with van der Waals surface area (Å²) in [5.41, 5.74) is 3.79. The fraction of sp³-hybridized carbons (Fsp3) is 0.130. The van der Waals surface area contributed by atoms with Gasteiger partial charge in [0.25, 0.3) is 5.91 Å². The molecule has 0 unspecified atom stereocenters. The van der Waals surface area contributed by atoms with E-state index in [2.05, 4.69) is 11.4 Å². The molecule has 4 rings (SSSR count). The Kier molecular flexibility index (Phi) is 5.35. The van der Waals surface area contributed by atoms with Gasteiger partial charge >= 0.3 is 0 Å². The summed E-state index contributed by atoms with van der Waals surface area (Å²) in [7, 11) is 0. The molecule has 1 N–H and O–H groups in total. The van der Waals surface area contributed by atoms with Crippen LogP contribution in [-0.2, 0) is 13.0 Å². The van der Waals surface area contributed by atoms with Gasteiger partial charge in [0.1, 0.15) is 12.4 Å². The van der Waals surface area contributed by atoms with Crippen molar-refractivity contribution in [1.29, 1.82) is 0 Å². The van der Waals surface area contributed by atoms with Crippen LogP contribution in [-0.4, -0.2) is 17.6 Å². The molecule has 3 aromatic rings. The van der Waals surface area contributed by atoms with Gasteiger partial charge in [-0.3, -0.25) is 10.1 Å². The molecule has 140 valence electrons. The van der Waals surface area contributed by atoms with Crippen LogP contribution >= 0.6 is 12.2 Å². The molecule has 0 atom stereocenters. The molecule has 5 heteroatoms. The van der Waals surface area contributed by atoms with E-state index < -0.39 is 0 Å². The largest absolute Gasteiger partial charge is 0.487 e. The normalized spacial score (nSPS) is 12.4. The summed E-state index contributed by atoms with van der Waals surface area (Å²) >= 11 is 5.54. The first-order chi connectivity index (χ1) is 13.7. The zero-order chi connectivity index (χ0) is 19.3. The number of hydrogen-bond donors (Lipinski definition) is 1. The lowest BCUT2D eigenvalue weighted by Gasteiger charge is -2.23. The smallest absolute Gasteiger partial charge is 0.257 e. The lowest BCUT2D eigenvalue weighted by atomic mass is 10.1. The molecule has 0 aliphatic carbocycles. The van der Waals surface area contributed by atoms with Crippen LogP contribution in [0.1, 0.15) is 21.5 Å². The third kappa shape index (κ3) is 3.89. The first kappa shape index (κ1) is 18.2. The van der Waals surface area contributed by atoms with Gasteiger partial charge in [0.05, 0.1) is 5.69 Å². The van der Waals surface area contributed by atoms with Crippen molar-refractivity contribution in [2.24, 2.45) is 0 Å². The Morgan fingerprint density at radius 3 is 2.43 bits per heavy atom. The van der Waals surface area contributed by atoms with Crippen molar-refractivity contribution in [1.82, 2.24) is 5.32 Å². The van der Waals surface area contributed by atoms with Crippen molar-refractivity contribution in [3.05, 3.63) is 95.6 Å². The molecule has 0 radical (unpaired) electrons. The average Bonchev–Trinajstić information content (AvgIpc) is 3.18. The van der Waals surface area contributed by atoms with Crippen molar-refractivity contribution in [3.8, 4) is 5.75 Å². The number of para-hydroxylation sites is 1. The molecule has 3 aromatic carbocycles. The van der Waals surface area contributed by atoms with E-state index in [9.17, 15) is 4.79 Å². The second-order valence-corrected chi connectivity index (χ2v) is 6.95. The van der Waals surface area contributed by atoms with E-state index in [0.29, 0.717) is 17.3 Å². The molecular weight excluding hydrogens is 368 g/mol. The number of thiocarbonyl (C=S) groups is 1. The summed E-state index contributed by atoms with van der Waals surface area (Å²) in [4.78, 5) is 14.4. The second kappa shape index (κ2) is 8.23. The molecule has 0 bridgehead atoms. The van der Waals surface area contributed by atoms with Crippen LogP contribution in [0.5, 0.6) is 5.75 Å². The number of ether oxygens (including phenoxy) is 1. The van der Waals surface area contributed by atoms with E-state index in [-0.39, 0.29) is 5.91 Å². The van der Waals surface area contributed by atoms with Crippen molar-refractivity contribution in [3.63, 3.8) is 0 Å². The number of fused-ring (bicyclic) bond motifs is 1. The standard InChI is InChI=1S/C23H20N2O2S/c26-22(19-10-5-2-6-11-19)24-23(28)25-15-14-18-12-7-13-20(21(18)25)27-16-17-8-3-1-4-9-17/h1-13H,14-16H2,(H,24,26,28). The number of nitrogens with one attached hydrogen (secondary N) is 1. The molecule has 1 amide bonds. The summed E-state index contributed by atoms with van der Waals surface area (Å²) in [6.07, 6.45) is 0.860. The van der Waals surface area contributed by atoms with E-state index >= 15 is 0 Å². The maximum absolute atomic E-state index is 12.5. The maximum atomic E-state index is 12.5. The summed E-state index contributed by atoms with van der Waals surface area (Å²) in [5, 5.41) is 3.23. The molecule has 0 spiro atoms. The molecule has 1 aliphatic heterocycles. The van der Waals surface area contributed by atoms with Crippen LogP contribution < -0.4 is 15.0 Å². The maximum Gasteiger partial charge on any atom is 0.257 e. The van der Waals surface area contributed by atoms with Gasteiger partial charge in [-0.25, -0.2) is 0 Å². The number of carbonyl (C=O) groups is 1. The van der Waals surface area contributed by atoms with Crippen LogP contribution in [0.25, 0.3) is 0 Å². The quantitative estimate of drug-likeness (QED) is 0.675. The third-order valence-electron chi connectivity index (χ3n) is 4.70. The van der Waals surface area contributed by atoms with Gasteiger partial charge in [-0.1, -0.05) is 60.7 Å². The lowest BCUT2D eigenvalue weighted by molar-refractivity contribution is 0.0977. The fourth-order valence-electron chi connectivity index (χ4n) is 3.30. The van der Waals surface area contributed by atoms with Crippen LogP contribution in [0, 0.1) is 0 Å². The van der Waals surface area contributed by atoms with Crippen LogP contribution in [0.4, 0.5) is 5.69 Å². The molecule has 0 saturated heterocycles. The predicted octanol–water partition coefficient (Wildman–Crippen LogP) is 4.34. The van der Waals surface area contributed by atoms with Gasteiger partial charge in [0.2, 0.25) is 0 Å². The minimum atomic E-state index is -0.207. The van der Waals surface area contributed by atoms with Gasteiger partial charge in [-0.05, 0) is 48.0 Å². The first-order valence-electron chi connectivity index (χ1n) is 9.19. The van der Waals surface area contributed by atoms with Gasteiger partial charge in [-0.2, -0.15) is 0 Å². The van der Waals surface area contributed by atoms with Crippen molar-refractivity contribution >= 4 is 28.9 Å². The molecule has 0 saturated carbocycles. The molecular formula is C23H20N2O2S. The second-order valence-electron chi connectivity index (χ2n) is 6.57. The minimum Gasteiger partial charge on any atom is -0.487 e. The summed E-state index contributed by atoms with van der Waals surface area (Å²) in [6, 6.07) is 25.1. The Hall–Kier alpha value is -3.18.